The molecule has 1 aliphatic heterocycles. The van der Waals surface area contributed by atoms with Crippen molar-refractivity contribution in [2.45, 2.75) is 38.1 Å². The first kappa shape index (κ1) is 12.1. The molecular formula is C15H18ClNO. The van der Waals surface area contributed by atoms with Gasteiger partial charge in [-0.25, -0.2) is 0 Å². The largest absolute Gasteiger partial charge is 0.458 e. The molecule has 3 heteroatoms. The van der Waals surface area contributed by atoms with Gasteiger partial charge in [0.25, 0.3) is 0 Å². The van der Waals surface area contributed by atoms with E-state index < -0.39 is 0 Å². The monoisotopic (exact) mass is 263 g/mol. The Morgan fingerprint density at radius 1 is 1.44 bits per heavy atom. The topological polar surface area (TPSA) is 25.2 Å². The Bertz CT molecular complexity index is 555. The Hall–Kier alpha value is -0.990. The van der Waals surface area contributed by atoms with Crippen molar-refractivity contribution in [2.75, 3.05) is 6.54 Å². The fourth-order valence-electron chi connectivity index (χ4n) is 3.04. The summed E-state index contributed by atoms with van der Waals surface area (Å²) in [5, 5.41) is 5.43. The van der Waals surface area contributed by atoms with Gasteiger partial charge in [0.15, 0.2) is 5.58 Å². The molecule has 0 radical (unpaired) electrons. The van der Waals surface area contributed by atoms with Crippen LogP contribution in [0.1, 0.15) is 38.4 Å². The molecule has 2 heterocycles. The van der Waals surface area contributed by atoms with Gasteiger partial charge in [-0.2, -0.15) is 0 Å². The summed E-state index contributed by atoms with van der Waals surface area (Å²) in [6.45, 7) is 3.29. The molecule has 1 atom stereocenters. The quantitative estimate of drug-likeness (QED) is 0.884. The zero-order valence-corrected chi connectivity index (χ0v) is 11.4. The van der Waals surface area contributed by atoms with Crippen LogP contribution in [0.4, 0.5) is 0 Å². The van der Waals surface area contributed by atoms with Gasteiger partial charge in [-0.1, -0.05) is 37.1 Å². The van der Waals surface area contributed by atoms with Crippen molar-refractivity contribution in [3.05, 3.63) is 35.0 Å². The lowest BCUT2D eigenvalue weighted by atomic mass is 9.89. The van der Waals surface area contributed by atoms with Gasteiger partial charge in [-0.05, 0) is 37.9 Å². The summed E-state index contributed by atoms with van der Waals surface area (Å²) >= 11 is 6.19. The molecule has 96 valence electrons. The average Bonchev–Trinajstić information content (AvgIpc) is 2.97. The highest BCUT2D eigenvalue weighted by Gasteiger charge is 2.37. The van der Waals surface area contributed by atoms with Crippen molar-refractivity contribution in [3.63, 3.8) is 0 Å². The summed E-state index contributed by atoms with van der Waals surface area (Å²) in [5.74, 6) is 1.05. The number of para-hydroxylation sites is 1. The molecule has 1 N–H and O–H groups in total. The first-order chi connectivity index (χ1) is 8.75. The second-order valence-electron chi connectivity index (χ2n) is 5.13. The number of furan rings is 1. The number of fused-ring (bicyclic) bond motifs is 1. The summed E-state index contributed by atoms with van der Waals surface area (Å²) in [4.78, 5) is 0. The molecule has 1 unspecified atom stereocenters. The van der Waals surface area contributed by atoms with E-state index in [1.807, 2.05) is 12.1 Å². The molecule has 1 aromatic heterocycles. The number of rotatable bonds is 3. The zero-order valence-electron chi connectivity index (χ0n) is 10.6. The molecule has 1 saturated heterocycles. The van der Waals surface area contributed by atoms with Crippen LogP contribution in [0.15, 0.2) is 28.7 Å². The molecule has 3 rings (SSSR count). The van der Waals surface area contributed by atoms with Gasteiger partial charge in [0.1, 0.15) is 5.76 Å². The molecule has 0 saturated carbocycles. The smallest absolute Gasteiger partial charge is 0.152 e. The van der Waals surface area contributed by atoms with Crippen LogP contribution in [0, 0.1) is 0 Å². The second kappa shape index (κ2) is 4.60. The lowest BCUT2D eigenvalue weighted by molar-refractivity contribution is 0.292. The fourth-order valence-corrected chi connectivity index (χ4v) is 3.26. The van der Waals surface area contributed by atoms with Crippen LogP contribution in [-0.2, 0) is 5.54 Å². The molecule has 0 spiro atoms. The Balaban J connectivity index is 2.09. The van der Waals surface area contributed by atoms with E-state index in [0.29, 0.717) is 5.02 Å². The molecular weight excluding hydrogens is 246 g/mol. The molecule has 0 bridgehead atoms. The maximum Gasteiger partial charge on any atom is 0.152 e. The summed E-state index contributed by atoms with van der Waals surface area (Å²) in [6.07, 6.45) is 4.63. The summed E-state index contributed by atoms with van der Waals surface area (Å²) in [5.41, 5.74) is 0.843. The van der Waals surface area contributed by atoms with Crippen LogP contribution >= 0.6 is 11.6 Å². The lowest BCUT2D eigenvalue weighted by Gasteiger charge is -2.26. The highest BCUT2D eigenvalue weighted by Crippen LogP contribution is 2.39. The van der Waals surface area contributed by atoms with Crippen molar-refractivity contribution in [3.8, 4) is 0 Å². The second-order valence-corrected chi connectivity index (χ2v) is 5.54. The van der Waals surface area contributed by atoms with Crippen molar-refractivity contribution < 1.29 is 4.42 Å². The standard InChI is InChI=1S/C15H18ClNO/c1-2-7-15(8-4-9-17-15)13-10-11-5-3-6-12(16)14(11)18-13/h3,5-6,10,17H,2,4,7-9H2,1H3. The van der Waals surface area contributed by atoms with Gasteiger partial charge in [-0.3, -0.25) is 0 Å². The van der Waals surface area contributed by atoms with E-state index in [2.05, 4.69) is 24.4 Å². The molecule has 1 aliphatic rings. The Morgan fingerprint density at radius 2 is 2.33 bits per heavy atom. The maximum absolute atomic E-state index is 6.19. The average molecular weight is 264 g/mol. The predicted octanol–water partition coefficient (Wildman–Crippen LogP) is 4.47. The van der Waals surface area contributed by atoms with Gasteiger partial charge in [0.2, 0.25) is 0 Å². The Labute approximate surface area is 112 Å². The van der Waals surface area contributed by atoms with E-state index in [1.54, 1.807) is 0 Å². The first-order valence-corrected chi connectivity index (χ1v) is 7.06. The lowest BCUT2D eigenvalue weighted by Crippen LogP contribution is -2.36. The minimum absolute atomic E-state index is 0.0249. The molecule has 1 fully saturated rings. The van der Waals surface area contributed by atoms with Crippen molar-refractivity contribution >= 4 is 22.6 Å². The van der Waals surface area contributed by atoms with Crippen LogP contribution in [0.25, 0.3) is 11.0 Å². The van der Waals surface area contributed by atoms with Crippen LogP contribution in [-0.4, -0.2) is 6.54 Å². The van der Waals surface area contributed by atoms with Crippen molar-refractivity contribution in [1.29, 1.82) is 0 Å². The molecule has 2 aromatic rings. The number of hydrogen-bond donors (Lipinski definition) is 1. The third-order valence-corrected chi connectivity index (χ3v) is 4.19. The Morgan fingerprint density at radius 3 is 3.00 bits per heavy atom. The third-order valence-electron chi connectivity index (χ3n) is 3.89. The van der Waals surface area contributed by atoms with E-state index in [4.69, 9.17) is 16.0 Å². The molecule has 2 nitrogen and oxygen atoms in total. The van der Waals surface area contributed by atoms with E-state index in [9.17, 15) is 0 Å². The normalized spacial score (nSPS) is 23.9. The number of hydrogen-bond acceptors (Lipinski definition) is 2. The maximum atomic E-state index is 6.19. The molecule has 0 aliphatic carbocycles. The third kappa shape index (κ3) is 1.84. The van der Waals surface area contributed by atoms with Crippen LogP contribution in [0.2, 0.25) is 5.02 Å². The number of halogens is 1. The summed E-state index contributed by atoms with van der Waals surface area (Å²) < 4.78 is 6.04. The number of nitrogens with one attached hydrogen (secondary N) is 1. The van der Waals surface area contributed by atoms with E-state index in [1.165, 1.54) is 6.42 Å². The minimum Gasteiger partial charge on any atom is -0.458 e. The van der Waals surface area contributed by atoms with Gasteiger partial charge >= 0.3 is 0 Å². The highest BCUT2D eigenvalue weighted by atomic mass is 35.5. The molecule has 1 aromatic carbocycles. The van der Waals surface area contributed by atoms with Crippen molar-refractivity contribution in [1.82, 2.24) is 5.32 Å². The Kier molecular flexibility index (Phi) is 3.08. The van der Waals surface area contributed by atoms with E-state index in [-0.39, 0.29) is 5.54 Å². The first-order valence-electron chi connectivity index (χ1n) is 6.69. The van der Waals surface area contributed by atoms with Gasteiger partial charge in [0, 0.05) is 5.39 Å². The summed E-state index contributed by atoms with van der Waals surface area (Å²) in [7, 11) is 0. The molecule has 0 amide bonds. The van der Waals surface area contributed by atoms with E-state index in [0.717, 1.165) is 42.5 Å². The highest BCUT2D eigenvalue weighted by molar-refractivity contribution is 6.34. The summed E-state index contributed by atoms with van der Waals surface area (Å²) in [6, 6.07) is 8.06. The molecule has 18 heavy (non-hydrogen) atoms. The van der Waals surface area contributed by atoms with Gasteiger partial charge in [0.05, 0.1) is 10.6 Å². The van der Waals surface area contributed by atoms with Crippen LogP contribution in [0.5, 0.6) is 0 Å². The van der Waals surface area contributed by atoms with Gasteiger partial charge < -0.3 is 9.73 Å². The van der Waals surface area contributed by atoms with Crippen LogP contribution in [0.3, 0.4) is 0 Å². The zero-order chi connectivity index (χ0) is 12.6. The number of benzene rings is 1. The fraction of sp³-hybridized carbons (Fsp3) is 0.467. The van der Waals surface area contributed by atoms with E-state index >= 15 is 0 Å². The van der Waals surface area contributed by atoms with Crippen molar-refractivity contribution in [2.24, 2.45) is 0 Å². The van der Waals surface area contributed by atoms with Crippen LogP contribution < -0.4 is 5.32 Å². The SMILES string of the molecule is CCCC1(c2cc3cccc(Cl)c3o2)CCCN1. The van der Waals surface area contributed by atoms with Gasteiger partial charge in [-0.15, -0.1) is 0 Å². The predicted molar refractivity (Wildman–Crippen MR) is 75.0 cm³/mol. The minimum atomic E-state index is 0.0249.